The van der Waals surface area contributed by atoms with Gasteiger partial charge >= 0.3 is 5.97 Å². The molecule has 0 aliphatic rings. The zero-order valence-electron chi connectivity index (χ0n) is 13.5. The molecule has 2 aromatic rings. The van der Waals surface area contributed by atoms with Crippen molar-refractivity contribution < 1.29 is 18.3 Å². The molecule has 134 valence electrons. The first-order valence-electron chi connectivity index (χ1n) is 7.38. The summed E-state index contributed by atoms with van der Waals surface area (Å²) >= 11 is 1.21. The Morgan fingerprint density at radius 1 is 1.20 bits per heavy atom. The number of benzene rings is 2. The number of nitrogens with two attached hydrogens (primary N) is 1. The van der Waals surface area contributed by atoms with Gasteiger partial charge in [0.05, 0.1) is 21.0 Å². The second-order valence-corrected chi connectivity index (χ2v) is 7.76. The van der Waals surface area contributed by atoms with E-state index in [0.717, 1.165) is 11.0 Å². The minimum Gasteiger partial charge on any atom is -0.478 e. The second-order valence-electron chi connectivity index (χ2n) is 5.15. The number of rotatable bonds is 8. The largest absolute Gasteiger partial charge is 0.478 e. The normalized spacial score (nSPS) is 11.3. The van der Waals surface area contributed by atoms with Crippen molar-refractivity contribution in [3.05, 3.63) is 48.0 Å². The highest BCUT2D eigenvalue weighted by molar-refractivity contribution is 8.00. The first-order chi connectivity index (χ1) is 11.8. The summed E-state index contributed by atoms with van der Waals surface area (Å²) in [5.41, 5.74) is 0.265. The molecule has 0 unspecified atom stereocenters. The van der Waals surface area contributed by atoms with Gasteiger partial charge in [-0.3, -0.25) is 0 Å². The molecule has 0 aromatic heterocycles. The fraction of sp³-hybridized carbons (Fsp3) is 0.188. The van der Waals surface area contributed by atoms with Crippen LogP contribution in [0.5, 0.6) is 0 Å². The first-order valence-corrected chi connectivity index (χ1v) is 9.74. The number of carbonyl (C=O) groups is 1. The maximum atomic E-state index is 12.0. The lowest BCUT2D eigenvalue weighted by molar-refractivity contribution is 0.0696. The van der Waals surface area contributed by atoms with Crippen molar-refractivity contribution in [1.29, 1.82) is 0 Å². The summed E-state index contributed by atoms with van der Waals surface area (Å²) in [4.78, 5) is 12.3. The standard InChI is InChI=1S/C16H19N3O4S2/c1-18-7-8-19-13-9-11(16(20)21)10-14(25(17,22)23)15(13)24-12-5-3-2-4-6-12/h2-6,9-10,18-19H,7-8H2,1H3,(H,20,21)(H2,17,22,23). The molecule has 7 nitrogen and oxygen atoms in total. The van der Waals surface area contributed by atoms with Crippen LogP contribution in [-0.2, 0) is 10.0 Å². The van der Waals surface area contributed by atoms with Crippen molar-refractivity contribution in [2.75, 3.05) is 25.5 Å². The molecule has 9 heteroatoms. The van der Waals surface area contributed by atoms with Gasteiger partial charge in [0, 0.05) is 18.0 Å². The van der Waals surface area contributed by atoms with Crippen molar-refractivity contribution in [3.8, 4) is 0 Å². The van der Waals surface area contributed by atoms with E-state index in [-0.39, 0.29) is 10.5 Å². The summed E-state index contributed by atoms with van der Waals surface area (Å²) in [5, 5.41) is 20.6. The third-order valence-electron chi connectivity index (χ3n) is 3.26. The summed E-state index contributed by atoms with van der Waals surface area (Å²) in [5.74, 6) is -1.22. The molecule has 2 aromatic carbocycles. The Labute approximate surface area is 150 Å². The van der Waals surface area contributed by atoms with Crippen molar-refractivity contribution in [2.45, 2.75) is 14.7 Å². The highest BCUT2D eigenvalue weighted by atomic mass is 32.2. The van der Waals surface area contributed by atoms with Crippen molar-refractivity contribution in [3.63, 3.8) is 0 Å². The zero-order chi connectivity index (χ0) is 18.4. The van der Waals surface area contributed by atoms with E-state index in [1.807, 2.05) is 30.3 Å². The Morgan fingerprint density at radius 3 is 2.44 bits per heavy atom. The molecule has 0 amide bonds. The SMILES string of the molecule is CNCCNc1cc(C(=O)O)cc(S(N)(=O)=O)c1Sc1ccccc1. The van der Waals surface area contributed by atoms with E-state index < -0.39 is 16.0 Å². The fourth-order valence-electron chi connectivity index (χ4n) is 2.10. The lowest BCUT2D eigenvalue weighted by Crippen LogP contribution is -2.20. The van der Waals surface area contributed by atoms with Crippen LogP contribution in [-0.4, -0.2) is 39.6 Å². The third-order valence-corrected chi connectivity index (χ3v) is 5.48. The van der Waals surface area contributed by atoms with Crippen LogP contribution in [0.2, 0.25) is 0 Å². The minimum absolute atomic E-state index is 0.145. The highest BCUT2D eigenvalue weighted by Crippen LogP contribution is 2.39. The molecule has 0 spiro atoms. The molecular weight excluding hydrogens is 362 g/mol. The molecule has 0 aliphatic heterocycles. The molecule has 2 rings (SSSR count). The smallest absolute Gasteiger partial charge is 0.335 e. The van der Waals surface area contributed by atoms with Crippen LogP contribution in [0.4, 0.5) is 5.69 Å². The number of likely N-dealkylation sites (N-methyl/N-ethyl adjacent to an activating group) is 1. The number of carboxylic acids is 1. The number of hydrogen-bond acceptors (Lipinski definition) is 6. The van der Waals surface area contributed by atoms with Crippen LogP contribution < -0.4 is 15.8 Å². The summed E-state index contributed by atoms with van der Waals surface area (Å²) < 4.78 is 24.1. The number of nitrogens with one attached hydrogen (secondary N) is 2. The van der Waals surface area contributed by atoms with Gasteiger partial charge in [-0.05, 0) is 31.3 Å². The Morgan fingerprint density at radius 2 is 1.88 bits per heavy atom. The van der Waals surface area contributed by atoms with E-state index in [0.29, 0.717) is 23.7 Å². The van der Waals surface area contributed by atoms with Gasteiger partial charge in [-0.2, -0.15) is 0 Å². The molecule has 0 aliphatic carbocycles. The van der Waals surface area contributed by atoms with Gasteiger partial charge in [-0.15, -0.1) is 0 Å². The lowest BCUT2D eigenvalue weighted by atomic mass is 10.2. The van der Waals surface area contributed by atoms with E-state index in [1.165, 1.54) is 17.8 Å². The number of aromatic carboxylic acids is 1. The van der Waals surface area contributed by atoms with E-state index in [2.05, 4.69) is 10.6 Å². The van der Waals surface area contributed by atoms with Gasteiger partial charge < -0.3 is 15.7 Å². The molecule has 0 saturated carbocycles. The van der Waals surface area contributed by atoms with Crippen LogP contribution in [0, 0.1) is 0 Å². The molecule has 5 N–H and O–H groups in total. The molecule has 0 saturated heterocycles. The van der Waals surface area contributed by atoms with Gasteiger partial charge in [-0.25, -0.2) is 18.4 Å². The maximum Gasteiger partial charge on any atom is 0.335 e. The van der Waals surface area contributed by atoms with E-state index in [4.69, 9.17) is 5.14 Å². The van der Waals surface area contributed by atoms with Gasteiger partial charge in [0.1, 0.15) is 0 Å². The minimum atomic E-state index is -4.10. The molecule has 0 fully saturated rings. The quantitative estimate of drug-likeness (QED) is 0.515. The average molecular weight is 381 g/mol. The summed E-state index contributed by atoms with van der Waals surface area (Å²) in [6.45, 7) is 1.11. The number of sulfonamides is 1. The summed E-state index contributed by atoms with van der Waals surface area (Å²) in [7, 11) is -2.32. The predicted octanol–water partition coefficient (Wildman–Crippen LogP) is 1.81. The predicted molar refractivity (Wildman–Crippen MR) is 97.8 cm³/mol. The number of carboxylic acid groups (broad SMARTS) is 1. The fourth-order valence-corrected chi connectivity index (χ4v) is 4.16. The average Bonchev–Trinajstić information content (AvgIpc) is 2.56. The molecule has 25 heavy (non-hydrogen) atoms. The molecule has 0 radical (unpaired) electrons. The number of hydrogen-bond donors (Lipinski definition) is 4. The van der Waals surface area contributed by atoms with Crippen LogP contribution in [0.1, 0.15) is 10.4 Å². The summed E-state index contributed by atoms with van der Waals surface area (Å²) in [6.07, 6.45) is 0. The lowest BCUT2D eigenvalue weighted by Gasteiger charge is -2.16. The number of primary sulfonamides is 1. The van der Waals surface area contributed by atoms with Crippen molar-refractivity contribution in [2.24, 2.45) is 5.14 Å². The Balaban J connectivity index is 2.59. The van der Waals surface area contributed by atoms with Crippen LogP contribution in [0.15, 0.2) is 57.2 Å². The highest BCUT2D eigenvalue weighted by Gasteiger charge is 2.22. The Kier molecular flexibility index (Phi) is 6.43. The van der Waals surface area contributed by atoms with Crippen molar-refractivity contribution >= 4 is 33.4 Å². The van der Waals surface area contributed by atoms with E-state index in [1.54, 1.807) is 7.05 Å². The van der Waals surface area contributed by atoms with Crippen molar-refractivity contribution in [1.82, 2.24) is 5.32 Å². The monoisotopic (exact) mass is 381 g/mol. The summed E-state index contributed by atoms with van der Waals surface area (Å²) in [6, 6.07) is 11.7. The topological polar surface area (TPSA) is 122 Å². The Hall–Kier alpha value is -2.07. The molecule has 0 bridgehead atoms. The van der Waals surface area contributed by atoms with Gasteiger partial charge in [-0.1, -0.05) is 30.0 Å². The Bertz CT molecular complexity index is 855. The molecule has 0 heterocycles. The molecular formula is C16H19N3O4S2. The maximum absolute atomic E-state index is 12.0. The van der Waals surface area contributed by atoms with Crippen LogP contribution in [0.25, 0.3) is 0 Å². The van der Waals surface area contributed by atoms with Crippen LogP contribution >= 0.6 is 11.8 Å². The van der Waals surface area contributed by atoms with Crippen LogP contribution in [0.3, 0.4) is 0 Å². The second kappa shape index (κ2) is 8.34. The van der Waals surface area contributed by atoms with Gasteiger partial charge in [0.25, 0.3) is 0 Å². The van der Waals surface area contributed by atoms with Gasteiger partial charge in [0.15, 0.2) is 0 Å². The van der Waals surface area contributed by atoms with Gasteiger partial charge in [0.2, 0.25) is 10.0 Å². The van der Waals surface area contributed by atoms with E-state index >= 15 is 0 Å². The van der Waals surface area contributed by atoms with E-state index in [9.17, 15) is 18.3 Å². The first kappa shape index (κ1) is 19.3. The molecule has 0 atom stereocenters. The zero-order valence-corrected chi connectivity index (χ0v) is 15.2. The third kappa shape index (κ3) is 5.20. The number of anilines is 1.